The maximum absolute atomic E-state index is 12.5. The maximum atomic E-state index is 12.5. The summed E-state index contributed by atoms with van der Waals surface area (Å²) in [5.41, 5.74) is 3.89. The van der Waals surface area contributed by atoms with E-state index in [1.807, 2.05) is 55.4 Å². The van der Waals surface area contributed by atoms with E-state index >= 15 is 0 Å². The number of benzene rings is 2. The van der Waals surface area contributed by atoms with Gasteiger partial charge < -0.3 is 15.1 Å². The number of carbonyl (C=O) groups is 2. The molecular formula is C22H27N3O2. The van der Waals surface area contributed by atoms with Crippen LogP contribution < -0.4 is 10.2 Å². The molecule has 1 heterocycles. The van der Waals surface area contributed by atoms with E-state index in [-0.39, 0.29) is 11.8 Å². The van der Waals surface area contributed by atoms with Gasteiger partial charge in [0, 0.05) is 57.0 Å². The predicted octanol–water partition coefficient (Wildman–Crippen LogP) is 3.16. The zero-order valence-electron chi connectivity index (χ0n) is 16.1. The smallest absolute Gasteiger partial charge is 0.251 e. The van der Waals surface area contributed by atoms with Crippen molar-refractivity contribution in [1.82, 2.24) is 10.2 Å². The quantitative estimate of drug-likeness (QED) is 0.767. The molecule has 2 amide bonds. The van der Waals surface area contributed by atoms with Crippen LogP contribution in [0.4, 0.5) is 5.69 Å². The minimum Gasteiger partial charge on any atom is -0.377 e. The molecule has 0 aliphatic carbocycles. The molecule has 1 N–H and O–H groups in total. The van der Waals surface area contributed by atoms with Gasteiger partial charge in [-0.1, -0.05) is 30.3 Å². The fourth-order valence-corrected chi connectivity index (χ4v) is 3.45. The summed E-state index contributed by atoms with van der Waals surface area (Å²) >= 11 is 0. The molecule has 0 bridgehead atoms. The molecule has 27 heavy (non-hydrogen) atoms. The standard InChI is InChI=1S/C22H27N3O2/c1-24(2)20-11-4-3-10-19(20)17-8-5-9-18(16-17)22(27)23-13-7-15-25-14-6-12-21(25)26/h3-5,8-11,16H,6-7,12-15H2,1-2H3,(H,23,27). The van der Waals surface area contributed by atoms with Gasteiger partial charge in [0.05, 0.1) is 0 Å². The van der Waals surface area contributed by atoms with Gasteiger partial charge in [-0.15, -0.1) is 0 Å². The van der Waals surface area contributed by atoms with E-state index in [0.717, 1.165) is 42.7 Å². The van der Waals surface area contributed by atoms with E-state index in [4.69, 9.17) is 0 Å². The lowest BCUT2D eigenvalue weighted by Crippen LogP contribution is -2.30. The van der Waals surface area contributed by atoms with Crippen LogP contribution in [-0.2, 0) is 4.79 Å². The molecule has 2 aromatic rings. The number of likely N-dealkylation sites (tertiary alicyclic amines) is 1. The first-order valence-electron chi connectivity index (χ1n) is 9.49. The predicted molar refractivity (Wildman–Crippen MR) is 109 cm³/mol. The van der Waals surface area contributed by atoms with Gasteiger partial charge in [0.15, 0.2) is 0 Å². The summed E-state index contributed by atoms with van der Waals surface area (Å²) in [5.74, 6) is 0.153. The number of para-hydroxylation sites is 1. The van der Waals surface area contributed by atoms with Crippen LogP contribution in [0.2, 0.25) is 0 Å². The number of anilines is 1. The van der Waals surface area contributed by atoms with Gasteiger partial charge >= 0.3 is 0 Å². The molecule has 2 aromatic carbocycles. The Morgan fingerprint density at radius 1 is 1.15 bits per heavy atom. The number of rotatable bonds is 7. The number of carbonyl (C=O) groups excluding carboxylic acids is 2. The molecule has 3 rings (SSSR count). The lowest BCUT2D eigenvalue weighted by atomic mass is 10.0. The van der Waals surface area contributed by atoms with Gasteiger partial charge in [0.1, 0.15) is 0 Å². The van der Waals surface area contributed by atoms with E-state index in [2.05, 4.69) is 22.3 Å². The molecule has 1 aliphatic heterocycles. The molecule has 0 spiro atoms. The van der Waals surface area contributed by atoms with E-state index in [1.165, 1.54) is 0 Å². The third-order valence-corrected chi connectivity index (χ3v) is 4.88. The van der Waals surface area contributed by atoms with Gasteiger partial charge in [-0.25, -0.2) is 0 Å². The molecule has 0 saturated carbocycles. The van der Waals surface area contributed by atoms with Crippen LogP contribution in [0.1, 0.15) is 29.6 Å². The molecule has 1 aliphatic rings. The van der Waals surface area contributed by atoms with Crippen LogP contribution in [-0.4, -0.2) is 50.4 Å². The highest BCUT2D eigenvalue weighted by molar-refractivity contribution is 5.96. The van der Waals surface area contributed by atoms with Crippen molar-refractivity contribution in [3.8, 4) is 11.1 Å². The lowest BCUT2D eigenvalue weighted by molar-refractivity contribution is -0.127. The Kier molecular flexibility index (Phi) is 6.12. The van der Waals surface area contributed by atoms with E-state index in [1.54, 1.807) is 0 Å². The van der Waals surface area contributed by atoms with Crippen LogP contribution in [0.25, 0.3) is 11.1 Å². The minimum atomic E-state index is -0.0769. The van der Waals surface area contributed by atoms with Crippen molar-refractivity contribution in [1.29, 1.82) is 0 Å². The number of hydrogen-bond acceptors (Lipinski definition) is 3. The first-order valence-corrected chi connectivity index (χ1v) is 9.49. The second kappa shape index (κ2) is 8.71. The van der Waals surface area contributed by atoms with Gasteiger partial charge in [0.25, 0.3) is 5.91 Å². The van der Waals surface area contributed by atoms with Crippen molar-refractivity contribution < 1.29 is 9.59 Å². The Morgan fingerprint density at radius 2 is 1.96 bits per heavy atom. The molecule has 1 saturated heterocycles. The number of nitrogens with one attached hydrogen (secondary N) is 1. The molecule has 0 unspecified atom stereocenters. The molecule has 1 fully saturated rings. The second-order valence-corrected chi connectivity index (χ2v) is 7.09. The molecular weight excluding hydrogens is 338 g/mol. The molecule has 142 valence electrons. The summed E-state index contributed by atoms with van der Waals surface area (Å²) < 4.78 is 0. The molecule has 5 nitrogen and oxygen atoms in total. The van der Waals surface area contributed by atoms with Crippen molar-refractivity contribution in [3.63, 3.8) is 0 Å². The summed E-state index contributed by atoms with van der Waals surface area (Å²) in [6.45, 7) is 2.14. The van der Waals surface area contributed by atoms with Crippen molar-refractivity contribution in [2.75, 3.05) is 38.6 Å². The summed E-state index contributed by atoms with van der Waals surface area (Å²) in [6.07, 6.45) is 2.39. The summed E-state index contributed by atoms with van der Waals surface area (Å²) in [4.78, 5) is 28.1. The van der Waals surface area contributed by atoms with Gasteiger partial charge in [-0.2, -0.15) is 0 Å². The molecule has 0 radical (unpaired) electrons. The van der Waals surface area contributed by atoms with Crippen LogP contribution in [0, 0.1) is 0 Å². The zero-order valence-corrected chi connectivity index (χ0v) is 16.1. The Morgan fingerprint density at radius 3 is 2.70 bits per heavy atom. The van der Waals surface area contributed by atoms with E-state index in [0.29, 0.717) is 18.5 Å². The maximum Gasteiger partial charge on any atom is 0.251 e. The van der Waals surface area contributed by atoms with E-state index in [9.17, 15) is 9.59 Å². The molecule has 0 aromatic heterocycles. The van der Waals surface area contributed by atoms with Gasteiger partial charge in [-0.3, -0.25) is 9.59 Å². The molecule has 0 atom stereocenters. The van der Waals surface area contributed by atoms with Crippen molar-refractivity contribution >= 4 is 17.5 Å². The average Bonchev–Trinajstić information content (AvgIpc) is 3.10. The topological polar surface area (TPSA) is 52.7 Å². The zero-order chi connectivity index (χ0) is 19.2. The van der Waals surface area contributed by atoms with Crippen molar-refractivity contribution in [2.24, 2.45) is 0 Å². The Balaban J connectivity index is 1.61. The monoisotopic (exact) mass is 365 g/mol. The van der Waals surface area contributed by atoms with Crippen molar-refractivity contribution in [2.45, 2.75) is 19.3 Å². The number of hydrogen-bond donors (Lipinski definition) is 1. The normalized spacial score (nSPS) is 13.7. The first-order chi connectivity index (χ1) is 13.1. The van der Waals surface area contributed by atoms with Crippen LogP contribution in [0.5, 0.6) is 0 Å². The Hall–Kier alpha value is -2.82. The van der Waals surface area contributed by atoms with E-state index < -0.39 is 0 Å². The Bertz CT molecular complexity index is 817. The van der Waals surface area contributed by atoms with Crippen LogP contribution >= 0.6 is 0 Å². The fraction of sp³-hybridized carbons (Fsp3) is 0.364. The third kappa shape index (κ3) is 4.67. The fourth-order valence-electron chi connectivity index (χ4n) is 3.45. The second-order valence-electron chi connectivity index (χ2n) is 7.09. The first kappa shape index (κ1) is 19.0. The van der Waals surface area contributed by atoms with Crippen LogP contribution in [0.3, 0.4) is 0 Å². The highest BCUT2D eigenvalue weighted by Crippen LogP contribution is 2.30. The third-order valence-electron chi connectivity index (χ3n) is 4.88. The Labute approximate surface area is 161 Å². The summed E-state index contributed by atoms with van der Waals surface area (Å²) in [6, 6.07) is 15.9. The lowest BCUT2D eigenvalue weighted by Gasteiger charge is -2.18. The molecule has 5 heteroatoms. The van der Waals surface area contributed by atoms with Gasteiger partial charge in [0.2, 0.25) is 5.91 Å². The highest BCUT2D eigenvalue weighted by Gasteiger charge is 2.19. The summed E-state index contributed by atoms with van der Waals surface area (Å²) in [7, 11) is 4.03. The average molecular weight is 365 g/mol. The van der Waals surface area contributed by atoms with Gasteiger partial charge in [-0.05, 0) is 36.6 Å². The van der Waals surface area contributed by atoms with Crippen molar-refractivity contribution in [3.05, 3.63) is 54.1 Å². The minimum absolute atomic E-state index is 0.0769. The summed E-state index contributed by atoms with van der Waals surface area (Å²) in [5, 5.41) is 2.97. The number of nitrogens with zero attached hydrogens (tertiary/aromatic N) is 2. The number of amides is 2. The largest absolute Gasteiger partial charge is 0.377 e. The highest BCUT2D eigenvalue weighted by atomic mass is 16.2. The SMILES string of the molecule is CN(C)c1ccccc1-c1cccc(C(=O)NCCCN2CCCC2=O)c1. The van der Waals surface area contributed by atoms with Crippen LogP contribution in [0.15, 0.2) is 48.5 Å².